The molecule has 0 saturated carbocycles. The lowest BCUT2D eigenvalue weighted by atomic mass is 10.3. The quantitative estimate of drug-likeness (QED) is 0.711. The molecule has 100 valence electrons. The molecular weight excluding hydrogens is 258 g/mol. The van der Waals surface area contributed by atoms with Crippen LogP contribution in [0, 0.1) is 0 Å². The van der Waals surface area contributed by atoms with Gasteiger partial charge >= 0.3 is 0 Å². The van der Waals surface area contributed by atoms with Crippen LogP contribution in [-0.2, 0) is 9.59 Å². The Morgan fingerprint density at radius 3 is 2.33 bits per heavy atom. The van der Waals surface area contributed by atoms with Crippen molar-refractivity contribution in [2.24, 2.45) is 5.73 Å². The fourth-order valence-corrected chi connectivity index (χ4v) is 1.13. The van der Waals surface area contributed by atoms with E-state index in [0.717, 1.165) is 0 Å². The van der Waals surface area contributed by atoms with Crippen LogP contribution in [0.15, 0.2) is 24.3 Å². The zero-order valence-electron chi connectivity index (χ0n) is 9.93. The van der Waals surface area contributed by atoms with E-state index in [-0.39, 0.29) is 37.3 Å². The van der Waals surface area contributed by atoms with Crippen LogP contribution in [0.25, 0.3) is 0 Å². The molecule has 0 aliphatic heterocycles. The van der Waals surface area contributed by atoms with Crippen molar-refractivity contribution in [3.8, 4) is 5.75 Å². The van der Waals surface area contributed by atoms with Gasteiger partial charge < -0.3 is 21.1 Å². The maximum absolute atomic E-state index is 11.4. The lowest BCUT2D eigenvalue weighted by Gasteiger charge is -2.06. The molecule has 2 amide bonds. The van der Waals surface area contributed by atoms with Crippen molar-refractivity contribution in [1.82, 2.24) is 5.32 Å². The number of rotatable bonds is 5. The molecule has 1 rings (SSSR count). The van der Waals surface area contributed by atoms with Crippen molar-refractivity contribution in [2.75, 3.05) is 25.5 Å². The summed E-state index contributed by atoms with van der Waals surface area (Å²) in [5.41, 5.74) is 5.72. The van der Waals surface area contributed by atoms with Crippen LogP contribution < -0.4 is 21.1 Å². The predicted octanol–water partition coefficient (Wildman–Crippen LogP) is 0.130. The van der Waals surface area contributed by atoms with Gasteiger partial charge in [-0.1, -0.05) is 0 Å². The number of carbonyl (C=O) groups excluding carboxylic acids is 2. The zero-order valence-corrected chi connectivity index (χ0v) is 10.8. The summed E-state index contributed by atoms with van der Waals surface area (Å²) in [6.45, 7) is -0.224. The Kier molecular flexibility index (Phi) is 7.50. The van der Waals surface area contributed by atoms with E-state index < -0.39 is 0 Å². The zero-order chi connectivity index (χ0) is 12.7. The minimum atomic E-state index is -0.366. The van der Waals surface area contributed by atoms with E-state index in [1.54, 1.807) is 31.4 Å². The van der Waals surface area contributed by atoms with E-state index in [1.165, 1.54) is 0 Å². The summed E-state index contributed by atoms with van der Waals surface area (Å²) in [6.07, 6.45) is 0. The van der Waals surface area contributed by atoms with Crippen molar-refractivity contribution in [1.29, 1.82) is 0 Å². The number of ether oxygens (including phenoxy) is 1. The number of halogens is 1. The van der Waals surface area contributed by atoms with Crippen LogP contribution in [0.4, 0.5) is 5.69 Å². The van der Waals surface area contributed by atoms with Crippen LogP contribution in [0.2, 0.25) is 0 Å². The van der Waals surface area contributed by atoms with Gasteiger partial charge in [-0.25, -0.2) is 0 Å². The second-order valence-corrected chi connectivity index (χ2v) is 3.26. The molecule has 0 atom stereocenters. The monoisotopic (exact) mass is 273 g/mol. The second-order valence-electron chi connectivity index (χ2n) is 3.26. The van der Waals surface area contributed by atoms with E-state index in [1.807, 2.05) is 0 Å². The Morgan fingerprint density at radius 1 is 1.22 bits per heavy atom. The lowest BCUT2D eigenvalue weighted by Crippen LogP contribution is -2.36. The molecule has 0 aliphatic carbocycles. The maximum Gasteiger partial charge on any atom is 0.243 e. The van der Waals surface area contributed by atoms with Crippen molar-refractivity contribution >= 4 is 29.9 Å². The molecule has 0 radical (unpaired) electrons. The predicted molar refractivity (Wildman–Crippen MR) is 70.9 cm³/mol. The molecule has 0 heterocycles. The maximum atomic E-state index is 11.4. The molecule has 1 aromatic rings. The molecule has 6 nitrogen and oxygen atoms in total. The molecule has 0 spiro atoms. The molecule has 0 fully saturated rings. The Morgan fingerprint density at radius 2 is 1.83 bits per heavy atom. The highest BCUT2D eigenvalue weighted by molar-refractivity contribution is 5.94. The van der Waals surface area contributed by atoms with Gasteiger partial charge in [0.05, 0.1) is 20.2 Å². The van der Waals surface area contributed by atoms with E-state index in [9.17, 15) is 9.59 Å². The Balaban J connectivity index is 0.00000289. The van der Waals surface area contributed by atoms with Crippen LogP contribution in [-0.4, -0.2) is 32.0 Å². The van der Waals surface area contributed by atoms with Gasteiger partial charge in [0.1, 0.15) is 5.75 Å². The van der Waals surface area contributed by atoms with E-state index in [4.69, 9.17) is 10.5 Å². The number of hydrogen-bond acceptors (Lipinski definition) is 4. The largest absolute Gasteiger partial charge is 0.497 e. The number of benzene rings is 1. The summed E-state index contributed by atoms with van der Waals surface area (Å²) in [4.78, 5) is 22.2. The first kappa shape index (κ1) is 16.2. The Labute approximate surface area is 111 Å². The normalized spacial score (nSPS) is 9.00. The molecule has 7 heteroatoms. The van der Waals surface area contributed by atoms with Crippen LogP contribution in [0.5, 0.6) is 5.75 Å². The van der Waals surface area contributed by atoms with Gasteiger partial charge in [0.25, 0.3) is 0 Å². The average molecular weight is 274 g/mol. The Hall–Kier alpha value is -1.79. The average Bonchev–Trinajstić information content (AvgIpc) is 2.36. The standard InChI is InChI=1S/C11H15N3O3.ClH/c1-17-9-4-2-8(3-5-9)14-11(16)7-13-10(15)6-12;/h2-5H,6-7,12H2,1H3,(H,13,15)(H,14,16);1H. The molecule has 0 aromatic heterocycles. The number of methoxy groups -OCH3 is 1. The smallest absolute Gasteiger partial charge is 0.243 e. The first-order chi connectivity index (χ1) is 8.15. The molecule has 0 unspecified atom stereocenters. The van der Waals surface area contributed by atoms with Crippen molar-refractivity contribution in [2.45, 2.75) is 0 Å². The third-order valence-electron chi connectivity index (χ3n) is 2.01. The first-order valence-corrected chi connectivity index (χ1v) is 5.06. The third kappa shape index (κ3) is 5.51. The summed E-state index contributed by atoms with van der Waals surface area (Å²) in [5.74, 6) is 0.0336. The lowest BCUT2D eigenvalue weighted by molar-refractivity contribution is -0.123. The molecule has 0 bridgehead atoms. The summed E-state index contributed by atoms with van der Waals surface area (Å²) in [7, 11) is 1.57. The summed E-state index contributed by atoms with van der Waals surface area (Å²) < 4.78 is 4.98. The van der Waals surface area contributed by atoms with E-state index in [2.05, 4.69) is 10.6 Å². The first-order valence-electron chi connectivity index (χ1n) is 5.06. The van der Waals surface area contributed by atoms with Crippen LogP contribution >= 0.6 is 12.4 Å². The summed E-state index contributed by atoms with van der Waals surface area (Å²) >= 11 is 0. The van der Waals surface area contributed by atoms with Crippen LogP contribution in [0.3, 0.4) is 0 Å². The van der Waals surface area contributed by atoms with E-state index in [0.29, 0.717) is 11.4 Å². The van der Waals surface area contributed by atoms with Crippen molar-refractivity contribution < 1.29 is 14.3 Å². The van der Waals surface area contributed by atoms with Crippen LogP contribution in [0.1, 0.15) is 0 Å². The van der Waals surface area contributed by atoms with Gasteiger partial charge in [-0.05, 0) is 24.3 Å². The Bertz CT molecular complexity index is 395. The van der Waals surface area contributed by atoms with Gasteiger partial charge in [-0.15, -0.1) is 12.4 Å². The van der Waals surface area contributed by atoms with Crippen molar-refractivity contribution in [3.63, 3.8) is 0 Å². The summed E-state index contributed by atoms with van der Waals surface area (Å²) in [6, 6.07) is 6.88. The third-order valence-corrected chi connectivity index (χ3v) is 2.01. The summed E-state index contributed by atoms with van der Waals surface area (Å²) in [5, 5.41) is 5.00. The molecule has 0 aliphatic rings. The number of nitrogens with one attached hydrogen (secondary N) is 2. The highest BCUT2D eigenvalue weighted by Crippen LogP contribution is 2.14. The molecule has 1 aromatic carbocycles. The van der Waals surface area contributed by atoms with Crippen molar-refractivity contribution in [3.05, 3.63) is 24.3 Å². The number of nitrogens with two attached hydrogens (primary N) is 1. The number of carbonyl (C=O) groups is 2. The SMILES string of the molecule is COc1ccc(NC(=O)CNC(=O)CN)cc1.Cl. The van der Waals surface area contributed by atoms with Gasteiger partial charge in [0.2, 0.25) is 11.8 Å². The number of hydrogen-bond donors (Lipinski definition) is 3. The second kappa shape index (κ2) is 8.32. The molecular formula is C11H16ClN3O3. The molecule has 18 heavy (non-hydrogen) atoms. The fraction of sp³-hybridized carbons (Fsp3) is 0.273. The van der Waals surface area contributed by atoms with Gasteiger partial charge in [-0.3, -0.25) is 9.59 Å². The number of anilines is 1. The number of amides is 2. The highest BCUT2D eigenvalue weighted by atomic mass is 35.5. The van der Waals surface area contributed by atoms with E-state index >= 15 is 0 Å². The fourth-order valence-electron chi connectivity index (χ4n) is 1.13. The van der Waals surface area contributed by atoms with Gasteiger partial charge in [0.15, 0.2) is 0 Å². The van der Waals surface area contributed by atoms with Gasteiger partial charge in [0, 0.05) is 5.69 Å². The highest BCUT2D eigenvalue weighted by Gasteiger charge is 2.04. The minimum absolute atomic E-state index is 0. The van der Waals surface area contributed by atoms with Gasteiger partial charge in [-0.2, -0.15) is 0 Å². The topological polar surface area (TPSA) is 93.5 Å². The minimum Gasteiger partial charge on any atom is -0.497 e. The molecule has 0 saturated heterocycles. The molecule has 4 N–H and O–H groups in total.